The van der Waals surface area contributed by atoms with Crippen molar-refractivity contribution in [3.8, 4) is 11.1 Å². The van der Waals surface area contributed by atoms with Crippen molar-refractivity contribution in [1.82, 2.24) is 15.1 Å². The SMILES string of the molecule is CC(C)C[C@@H](NC(=O)c1nn(C)cc1NC(=O)OCC1c2ccccc2-c2ccccc21)C(=O)O. The highest BCUT2D eigenvalue weighted by Crippen LogP contribution is 2.44. The largest absolute Gasteiger partial charge is 0.480 e. The summed E-state index contributed by atoms with van der Waals surface area (Å²) in [5, 5.41) is 18.6. The Morgan fingerprint density at radius 1 is 1.06 bits per heavy atom. The zero-order chi connectivity index (χ0) is 25.1. The van der Waals surface area contributed by atoms with Crippen LogP contribution in [0.3, 0.4) is 0 Å². The number of hydrogen-bond acceptors (Lipinski definition) is 5. The lowest BCUT2D eigenvalue weighted by molar-refractivity contribution is -0.139. The lowest BCUT2D eigenvalue weighted by atomic mass is 9.98. The molecular weight excluding hydrogens is 448 g/mol. The number of carbonyl (C=O) groups is 3. The fraction of sp³-hybridized carbons (Fsp3) is 0.308. The fourth-order valence-electron chi connectivity index (χ4n) is 4.41. The summed E-state index contributed by atoms with van der Waals surface area (Å²) < 4.78 is 6.91. The van der Waals surface area contributed by atoms with Crippen LogP contribution < -0.4 is 10.6 Å². The minimum Gasteiger partial charge on any atom is -0.480 e. The van der Waals surface area contributed by atoms with Crippen molar-refractivity contribution in [2.45, 2.75) is 32.2 Å². The van der Waals surface area contributed by atoms with Crippen molar-refractivity contribution in [1.29, 1.82) is 0 Å². The van der Waals surface area contributed by atoms with Gasteiger partial charge in [-0.25, -0.2) is 9.59 Å². The zero-order valence-electron chi connectivity index (χ0n) is 19.8. The maximum absolute atomic E-state index is 12.8. The number of carbonyl (C=O) groups excluding carboxylic acids is 2. The highest BCUT2D eigenvalue weighted by molar-refractivity contribution is 6.02. The quantitative estimate of drug-likeness (QED) is 0.452. The summed E-state index contributed by atoms with van der Waals surface area (Å²) in [5.74, 6) is -1.85. The van der Waals surface area contributed by atoms with Crippen LogP contribution in [0.1, 0.15) is 47.8 Å². The molecule has 182 valence electrons. The molecule has 1 aromatic heterocycles. The number of aromatic nitrogens is 2. The predicted octanol–water partition coefficient (Wildman–Crippen LogP) is 4.01. The second kappa shape index (κ2) is 10.0. The summed E-state index contributed by atoms with van der Waals surface area (Å²) >= 11 is 0. The normalized spacial score (nSPS) is 13.1. The number of carboxylic acids is 1. The number of benzene rings is 2. The van der Waals surface area contributed by atoms with Crippen LogP contribution in [-0.4, -0.2) is 45.5 Å². The van der Waals surface area contributed by atoms with Gasteiger partial charge in [0.05, 0.1) is 5.69 Å². The van der Waals surface area contributed by atoms with Gasteiger partial charge in [0.1, 0.15) is 12.6 Å². The van der Waals surface area contributed by atoms with Crippen LogP contribution in [-0.2, 0) is 16.6 Å². The molecule has 1 atom stereocenters. The van der Waals surface area contributed by atoms with E-state index in [9.17, 15) is 19.5 Å². The fourth-order valence-corrected chi connectivity index (χ4v) is 4.41. The number of aryl methyl sites for hydroxylation is 1. The van der Waals surface area contributed by atoms with Gasteiger partial charge < -0.3 is 15.2 Å². The first-order valence-corrected chi connectivity index (χ1v) is 11.4. The number of fused-ring (bicyclic) bond motifs is 3. The maximum atomic E-state index is 12.8. The Kier molecular flexibility index (Phi) is 6.86. The summed E-state index contributed by atoms with van der Waals surface area (Å²) in [6, 6.07) is 15.0. The van der Waals surface area contributed by atoms with Gasteiger partial charge in [0.15, 0.2) is 5.69 Å². The number of anilines is 1. The zero-order valence-corrected chi connectivity index (χ0v) is 19.8. The minimum absolute atomic E-state index is 0.0681. The molecule has 0 saturated carbocycles. The summed E-state index contributed by atoms with van der Waals surface area (Å²) in [6.07, 6.45) is 1.00. The first-order valence-electron chi connectivity index (χ1n) is 11.4. The van der Waals surface area contributed by atoms with Crippen LogP contribution in [0.25, 0.3) is 11.1 Å². The van der Waals surface area contributed by atoms with E-state index in [4.69, 9.17) is 4.74 Å². The molecule has 0 fully saturated rings. The third kappa shape index (κ3) is 5.18. The highest BCUT2D eigenvalue weighted by Gasteiger charge is 2.30. The van der Waals surface area contributed by atoms with Gasteiger partial charge in [-0.05, 0) is 34.6 Å². The Hall–Kier alpha value is -4.14. The Labute approximate surface area is 203 Å². The molecule has 9 heteroatoms. The van der Waals surface area contributed by atoms with Crippen molar-refractivity contribution in [2.75, 3.05) is 11.9 Å². The molecule has 0 radical (unpaired) electrons. The highest BCUT2D eigenvalue weighted by atomic mass is 16.5. The van der Waals surface area contributed by atoms with E-state index in [1.165, 1.54) is 10.9 Å². The lowest BCUT2D eigenvalue weighted by Gasteiger charge is -2.16. The van der Waals surface area contributed by atoms with Crippen LogP contribution in [0.5, 0.6) is 0 Å². The van der Waals surface area contributed by atoms with E-state index < -0.39 is 24.0 Å². The van der Waals surface area contributed by atoms with Crippen molar-refractivity contribution < 1.29 is 24.2 Å². The van der Waals surface area contributed by atoms with Crippen molar-refractivity contribution >= 4 is 23.7 Å². The van der Waals surface area contributed by atoms with E-state index in [-0.39, 0.29) is 36.2 Å². The predicted molar refractivity (Wildman–Crippen MR) is 130 cm³/mol. The van der Waals surface area contributed by atoms with E-state index in [0.29, 0.717) is 0 Å². The third-order valence-corrected chi connectivity index (χ3v) is 5.93. The number of rotatable bonds is 8. The molecule has 0 saturated heterocycles. The third-order valence-electron chi connectivity index (χ3n) is 5.93. The van der Waals surface area contributed by atoms with Gasteiger partial charge in [-0.15, -0.1) is 0 Å². The molecule has 4 rings (SSSR count). The van der Waals surface area contributed by atoms with E-state index >= 15 is 0 Å². The van der Waals surface area contributed by atoms with E-state index in [1.807, 2.05) is 50.2 Å². The lowest BCUT2D eigenvalue weighted by Crippen LogP contribution is -2.42. The smallest absolute Gasteiger partial charge is 0.411 e. The molecular formula is C26H28N4O5. The molecule has 0 spiro atoms. The molecule has 35 heavy (non-hydrogen) atoms. The summed E-state index contributed by atoms with van der Waals surface area (Å²) in [7, 11) is 1.60. The van der Waals surface area contributed by atoms with Crippen LogP contribution in [0.2, 0.25) is 0 Å². The number of hydrogen-bond donors (Lipinski definition) is 3. The van der Waals surface area contributed by atoms with Gasteiger partial charge in [-0.1, -0.05) is 62.4 Å². The molecule has 2 aromatic carbocycles. The van der Waals surface area contributed by atoms with Crippen LogP contribution in [0.15, 0.2) is 54.7 Å². The average Bonchev–Trinajstić information content (AvgIpc) is 3.34. The molecule has 3 aromatic rings. The number of ether oxygens (including phenoxy) is 1. The van der Waals surface area contributed by atoms with Crippen LogP contribution >= 0.6 is 0 Å². The average molecular weight is 477 g/mol. The molecule has 3 N–H and O–H groups in total. The second-order valence-corrected chi connectivity index (χ2v) is 9.01. The van der Waals surface area contributed by atoms with Crippen molar-refractivity contribution in [2.24, 2.45) is 13.0 Å². The number of nitrogens with one attached hydrogen (secondary N) is 2. The summed E-state index contributed by atoms with van der Waals surface area (Å²) in [4.78, 5) is 36.9. The van der Waals surface area contributed by atoms with Gasteiger partial charge in [-0.3, -0.25) is 14.8 Å². The first-order chi connectivity index (χ1) is 16.7. The van der Waals surface area contributed by atoms with E-state index in [2.05, 4.69) is 27.9 Å². The Morgan fingerprint density at radius 3 is 2.23 bits per heavy atom. The summed E-state index contributed by atoms with van der Waals surface area (Å²) in [5.41, 5.74) is 4.47. The van der Waals surface area contributed by atoms with Gasteiger partial charge in [0.2, 0.25) is 0 Å². The molecule has 0 unspecified atom stereocenters. The molecule has 1 heterocycles. The Balaban J connectivity index is 1.44. The van der Waals surface area contributed by atoms with Crippen LogP contribution in [0.4, 0.5) is 10.5 Å². The van der Waals surface area contributed by atoms with Crippen LogP contribution in [0, 0.1) is 5.92 Å². The molecule has 2 amide bonds. The molecule has 0 bridgehead atoms. The first kappa shape index (κ1) is 24.0. The van der Waals surface area contributed by atoms with E-state index in [0.717, 1.165) is 22.3 Å². The standard InChI is InChI=1S/C26H28N4O5/c1-15(2)12-21(25(32)33)27-24(31)23-22(13-30(3)29-23)28-26(34)35-14-20-18-10-6-4-8-16(18)17-9-5-7-11-19(17)20/h4-11,13,15,20-21H,12,14H2,1-3H3,(H,27,31)(H,28,34)(H,32,33)/t21-/m1/s1. The number of amides is 2. The second-order valence-electron chi connectivity index (χ2n) is 9.01. The molecule has 0 aliphatic heterocycles. The minimum atomic E-state index is -1.13. The number of nitrogens with zero attached hydrogens (tertiary/aromatic N) is 2. The van der Waals surface area contributed by atoms with Crippen molar-refractivity contribution in [3.63, 3.8) is 0 Å². The van der Waals surface area contributed by atoms with Gasteiger partial charge in [-0.2, -0.15) is 5.10 Å². The topological polar surface area (TPSA) is 123 Å². The maximum Gasteiger partial charge on any atom is 0.411 e. The molecule has 1 aliphatic carbocycles. The van der Waals surface area contributed by atoms with E-state index in [1.54, 1.807) is 7.05 Å². The number of carboxylic acid groups (broad SMARTS) is 1. The van der Waals surface area contributed by atoms with Gasteiger partial charge in [0.25, 0.3) is 5.91 Å². The molecule has 9 nitrogen and oxygen atoms in total. The van der Waals surface area contributed by atoms with Gasteiger partial charge >= 0.3 is 12.1 Å². The summed E-state index contributed by atoms with van der Waals surface area (Å²) in [6.45, 7) is 3.86. The number of aliphatic carboxylic acids is 1. The Bertz CT molecular complexity index is 1220. The van der Waals surface area contributed by atoms with Gasteiger partial charge in [0, 0.05) is 19.2 Å². The Morgan fingerprint density at radius 2 is 1.66 bits per heavy atom. The monoisotopic (exact) mass is 476 g/mol. The van der Waals surface area contributed by atoms with Crippen molar-refractivity contribution in [3.05, 3.63) is 71.5 Å². The molecule has 1 aliphatic rings.